The van der Waals surface area contributed by atoms with E-state index in [0.717, 1.165) is 16.9 Å². The molecule has 1 amide bonds. The molecule has 0 aliphatic carbocycles. The highest BCUT2D eigenvalue weighted by Crippen LogP contribution is 2.32. The van der Waals surface area contributed by atoms with Gasteiger partial charge in [-0.05, 0) is 35.4 Å². The number of carbonyl (C=O) groups excluding carboxylic acids is 1. The van der Waals surface area contributed by atoms with Crippen molar-refractivity contribution in [3.05, 3.63) is 70.3 Å². The average molecular weight is 448 g/mol. The van der Waals surface area contributed by atoms with Crippen LogP contribution in [0, 0.1) is 0 Å². The first-order valence-corrected chi connectivity index (χ1v) is 10.2. The number of hydrogen-bond donors (Lipinski definition) is 1. The van der Waals surface area contributed by atoms with Crippen LogP contribution in [0.25, 0.3) is 11.2 Å². The first kappa shape index (κ1) is 20.5. The summed E-state index contributed by atoms with van der Waals surface area (Å²) in [6.07, 6.45) is 1.33. The third-order valence-electron chi connectivity index (χ3n) is 5.20. The van der Waals surface area contributed by atoms with Crippen molar-refractivity contribution in [2.75, 3.05) is 13.9 Å². The lowest BCUT2D eigenvalue weighted by molar-refractivity contribution is -0.121. The standard InChI is InChI=1S/C22H20N6O5/c1-31-16-4-2-3-15(7-16)10-28-21-20(25-26-28)22(30)27(12-24-21)11-19(29)23-9-14-5-6-17-18(8-14)33-13-32-17/h2-8,12H,9-11,13H2,1H3,(H,23,29). The normalized spacial score (nSPS) is 12.2. The third-order valence-corrected chi connectivity index (χ3v) is 5.20. The van der Waals surface area contributed by atoms with Gasteiger partial charge in [0.2, 0.25) is 12.7 Å². The number of amides is 1. The molecule has 11 nitrogen and oxygen atoms in total. The Morgan fingerprint density at radius 3 is 2.91 bits per heavy atom. The van der Waals surface area contributed by atoms with Gasteiger partial charge in [0.05, 0.1) is 13.7 Å². The molecule has 0 saturated heterocycles. The van der Waals surface area contributed by atoms with Gasteiger partial charge in [-0.2, -0.15) is 0 Å². The lowest BCUT2D eigenvalue weighted by atomic mass is 10.2. The number of methoxy groups -OCH3 is 1. The molecule has 0 fully saturated rings. The summed E-state index contributed by atoms with van der Waals surface area (Å²) in [5.74, 6) is 1.71. The Balaban J connectivity index is 1.27. The summed E-state index contributed by atoms with van der Waals surface area (Å²) < 4.78 is 18.6. The van der Waals surface area contributed by atoms with E-state index in [4.69, 9.17) is 14.2 Å². The zero-order valence-corrected chi connectivity index (χ0v) is 17.7. The lowest BCUT2D eigenvalue weighted by Crippen LogP contribution is -2.32. The molecule has 0 spiro atoms. The zero-order chi connectivity index (χ0) is 22.8. The molecule has 2 aromatic heterocycles. The fourth-order valence-electron chi connectivity index (χ4n) is 3.51. The molecule has 168 valence electrons. The van der Waals surface area contributed by atoms with Gasteiger partial charge in [-0.25, -0.2) is 9.67 Å². The largest absolute Gasteiger partial charge is 0.497 e. The highest BCUT2D eigenvalue weighted by Gasteiger charge is 2.16. The minimum atomic E-state index is -0.435. The van der Waals surface area contributed by atoms with Crippen LogP contribution in [-0.2, 0) is 24.4 Å². The van der Waals surface area contributed by atoms with Gasteiger partial charge in [-0.15, -0.1) is 5.10 Å². The lowest BCUT2D eigenvalue weighted by Gasteiger charge is -2.08. The van der Waals surface area contributed by atoms with Crippen molar-refractivity contribution in [2.45, 2.75) is 19.6 Å². The molecule has 11 heteroatoms. The van der Waals surface area contributed by atoms with E-state index >= 15 is 0 Å². The fraction of sp³-hybridized carbons (Fsp3) is 0.227. The number of hydrogen-bond acceptors (Lipinski definition) is 8. The third kappa shape index (κ3) is 4.20. The van der Waals surface area contributed by atoms with Crippen LogP contribution >= 0.6 is 0 Å². The molecule has 0 atom stereocenters. The smallest absolute Gasteiger partial charge is 0.283 e. The Labute approximate surface area is 187 Å². The van der Waals surface area contributed by atoms with E-state index in [1.165, 1.54) is 15.6 Å². The maximum Gasteiger partial charge on any atom is 0.283 e. The molecular formula is C22H20N6O5. The van der Waals surface area contributed by atoms with E-state index in [9.17, 15) is 9.59 Å². The molecular weight excluding hydrogens is 428 g/mol. The van der Waals surface area contributed by atoms with Crippen molar-refractivity contribution in [3.63, 3.8) is 0 Å². The van der Waals surface area contributed by atoms with Crippen LogP contribution in [0.15, 0.2) is 53.6 Å². The average Bonchev–Trinajstić information content (AvgIpc) is 3.46. The summed E-state index contributed by atoms with van der Waals surface area (Å²) in [5.41, 5.74) is 1.79. The number of carbonyl (C=O) groups is 1. The van der Waals surface area contributed by atoms with Crippen molar-refractivity contribution in [3.8, 4) is 17.2 Å². The highest BCUT2D eigenvalue weighted by atomic mass is 16.7. The second-order valence-corrected chi connectivity index (χ2v) is 7.41. The SMILES string of the molecule is COc1cccc(Cn2nnc3c(=O)n(CC(=O)NCc4ccc5c(c4)OCO5)cnc32)c1. The van der Waals surface area contributed by atoms with E-state index in [2.05, 4.69) is 20.6 Å². The van der Waals surface area contributed by atoms with Crippen LogP contribution in [-0.4, -0.2) is 44.4 Å². The Morgan fingerprint density at radius 2 is 2.03 bits per heavy atom. The summed E-state index contributed by atoms with van der Waals surface area (Å²) in [4.78, 5) is 29.5. The first-order chi connectivity index (χ1) is 16.1. The molecule has 1 aliphatic rings. The Kier molecular flexibility index (Phi) is 5.35. The Morgan fingerprint density at radius 1 is 1.15 bits per heavy atom. The monoisotopic (exact) mass is 448 g/mol. The van der Waals surface area contributed by atoms with Crippen LogP contribution in [0.1, 0.15) is 11.1 Å². The molecule has 1 aliphatic heterocycles. The van der Waals surface area contributed by atoms with E-state index in [1.54, 1.807) is 13.2 Å². The minimum Gasteiger partial charge on any atom is -0.497 e. The minimum absolute atomic E-state index is 0.101. The highest BCUT2D eigenvalue weighted by molar-refractivity contribution is 5.76. The molecule has 2 aromatic carbocycles. The Hall–Kier alpha value is -4.41. The molecule has 5 rings (SSSR count). The number of rotatable bonds is 7. The van der Waals surface area contributed by atoms with Gasteiger partial charge in [0.25, 0.3) is 5.56 Å². The van der Waals surface area contributed by atoms with Crippen molar-refractivity contribution in [1.82, 2.24) is 29.9 Å². The number of aromatic nitrogens is 5. The number of ether oxygens (including phenoxy) is 3. The summed E-state index contributed by atoms with van der Waals surface area (Å²) in [6.45, 7) is 0.666. The van der Waals surface area contributed by atoms with Crippen LogP contribution in [0.4, 0.5) is 0 Å². The molecule has 0 bridgehead atoms. The van der Waals surface area contributed by atoms with Crippen LogP contribution in [0.2, 0.25) is 0 Å². The van der Waals surface area contributed by atoms with Crippen molar-refractivity contribution < 1.29 is 19.0 Å². The van der Waals surface area contributed by atoms with Crippen molar-refractivity contribution in [1.29, 1.82) is 0 Å². The summed E-state index contributed by atoms with van der Waals surface area (Å²) in [6, 6.07) is 13.0. The maximum absolute atomic E-state index is 12.8. The molecule has 0 radical (unpaired) electrons. The van der Waals surface area contributed by atoms with Gasteiger partial charge in [0, 0.05) is 6.54 Å². The molecule has 4 aromatic rings. The molecule has 0 saturated carbocycles. The number of nitrogens with one attached hydrogen (secondary N) is 1. The molecule has 33 heavy (non-hydrogen) atoms. The van der Waals surface area contributed by atoms with E-state index < -0.39 is 5.56 Å². The zero-order valence-electron chi connectivity index (χ0n) is 17.7. The van der Waals surface area contributed by atoms with Gasteiger partial charge < -0.3 is 19.5 Å². The summed E-state index contributed by atoms with van der Waals surface area (Å²) in [7, 11) is 1.60. The van der Waals surface area contributed by atoms with E-state index in [-0.39, 0.29) is 31.3 Å². The van der Waals surface area contributed by atoms with E-state index in [1.807, 2.05) is 36.4 Å². The Bertz CT molecular complexity index is 1400. The van der Waals surface area contributed by atoms with Crippen LogP contribution in [0.5, 0.6) is 17.2 Å². The second-order valence-electron chi connectivity index (χ2n) is 7.41. The van der Waals surface area contributed by atoms with Gasteiger partial charge in [0.15, 0.2) is 22.7 Å². The molecule has 0 unspecified atom stereocenters. The molecule has 1 N–H and O–H groups in total. The number of benzene rings is 2. The molecule has 3 heterocycles. The topological polar surface area (TPSA) is 122 Å². The van der Waals surface area contributed by atoms with Crippen molar-refractivity contribution in [2.24, 2.45) is 0 Å². The van der Waals surface area contributed by atoms with Crippen LogP contribution in [0.3, 0.4) is 0 Å². The maximum atomic E-state index is 12.8. The fourth-order valence-corrected chi connectivity index (χ4v) is 3.51. The summed E-state index contributed by atoms with van der Waals surface area (Å²) in [5, 5.41) is 10.8. The van der Waals surface area contributed by atoms with Gasteiger partial charge in [0.1, 0.15) is 18.6 Å². The first-order valence-electron chi connectivity index (χ1n) is 10.2. The van der Waals surface area contributed by atoms with Crippen LogP contribution < -0.4 is 25.1 Å². The number of nitrogens with zero attached hydrogens (tertiary/aromatic N) is 5. The van der Waals surface area contributed by atoms with Gasteiger partial charge >= 0.3 is 0 Å². The number of fused-ring (bicyclic) bond motifs is 2. The van der Waals surface area contributed by atoms with Gasteiger partial charge in [-0.3, -0.25) is 14.2 Å². The second kappa shape index (κ2) is 8.61. The van der Waals surface area contributed by atoms with Crippen molar-refractivity contribution >= 4 is 17.1 Å². The predicted octanol–water partition coefficient (Wildman–Crippen LogP) is 1.09. The predicted molar refractivity (Wildman–Crippen MR) is 116 cm³/mol. The summed E-state index contributed by atoms with van der Waals surface area (Å²) >= 11 is 0. The quantitative estimate of drug-likeness (QED) is 0.446. The van der Waals surface area contributed by atoms with Gasteiger partial charge in [-0.1, -0.05) is 23.4 Å². The van der Waals surface area contributed by atoms with E-state index in [0.29, 0.717) is 23.7 Å².